The lowest BCUT2D eigenvalue weighted by Gasteiger charge is -2.12. The van der Waals surface area contributed by atoms with Gasteiger partial charge in [0, 0.05) is 18.3 Å². The Bertz CT molecular complexity index is 1060. The Balaban J connectivity index is 1.74. The van der Waals surface area contributed by atoms with E-state index < -0.39 is 0 Å². The highest BCUT2D eigenvalue weighted by molar-refractivity contribution is 7.99. The number of carbonyl (C=O) groups is 2. The molecule has 0 spiro atoms. The van der Waals surface area contributed by atoms with Gasteiger partial charge in [-0.25, -0.2) is 0 Å². The Labute approximate surface area is 173 Å². The number of nitrogens with zero attached hydrogens (tertiary/aromatic N) is 3. The van der Waals surface area contributed by atoms with E-state index in [1.54, 1.807) is 0 Å². The van der Waals surface area contributed by atoms with Crippen molar-refractivity contribution in [3.63, 3.8) is 0 Å². The molecule has 0 aliphatic heterocycles. The Morgan fingerprint density at radius 2 is 1.79 bits per heavy atom. The molecule has 1 aromatic heterocycles. The second kappa shape index (κ2) is 8.91. The first-order valence-corrected chi connectivity index (χ1v) is 10.1. The van der Waals surface area contributed by atoms with Crippen LogP contribution in [0.15, 0.2) is 47.6 Å². The minimum atomic E-state index is -0.139. The number of nitrogens with one attached hydrogen (secondary N) is 2. The van der Waals surface area contributed by atoms with Gasteiger partial charge in [-0.3, -0.25) is 14.2 Å². The summed E-state index contributed by atoms with van der Waals surface area (Å²) in [5.41, 5.74) is 4.50. The van der Waals surface area contributed by atoms with E-state index in [-0.39, 0.29) is 17.6 Å². The maximum absolute atomic E-state index is 12.4. The van der Waals surface area contributed by atoms with Crippen LogP contribution >= 0.6 is 11.8 Å². The van der Waals surface area contributed by atoms with Crippen molar-refractivity contribution in [2.45, 2.75) is 32.9 Å². The lowest BCUT2D eigenvalue weighted by atomic mass is 10.1. The van der Waals surface area contributed by atoms with Crippen LogP contribution in [0.25, 0.3) is 5.69 Å². The van der Waals surface area contributed by atoms with Gasteiger partial charge in [-0.2, -0.15) is 0 Å². The highest BCUT2D eigenvalue weighted by Crippen LogP contribution is 2.24. The van der Waals surface area contributed by atoms with Crippen molar-refractivity contribution in [1.29, 1.82) is 0 Å². The third-order valence-corrected chi connectivity index (χ3v) is 5.36. The zero-order chi connectivity index (χ0) is 21.0. The van der Waals surface area contributed by atoms with Crippen LogP contribution in [0.2, 0.25) is 0 Å². The van der Waals surface area contributed by atoms with E-state index in [4.69, 9.17) is 0 Å². The molecule has 0 aliphatic carbocycles. The van der Waals surface area contributed by atoms with Gasteiger partial charge in [-0.1, -0.05) is 30.0 Å². The van der Waals surface area contributed by atoms with Crippen molar-refractivity contribution in [3.05, 3.63) is 59.4 Å². The Hall–Kier alpha value is -3.13. The van der Waals surface area contributed by atoms with Crippen molar-refractivity contribution >= 4 is 35.0 Å². The van der Waals surface area contributed by atoms with Crippen molar-refractivity contribution < 1.29 is 9.59 Å². The van der Waals surface area contributed by atoms with Crippen molar-refractivity contribution in [1.82, 2.24) is 14.8 Å². The summed E-state index contributed by atoms with van der Waals surface area (Å²) in [6, 6.07) is 13.2. The SMILES string of the molecule is CC(=O)Nc1cccc(-n2c(C)nnc2SCC(=O)Nc2cccc(C)c2C)c1. The van der Waals surface area contributed by atoms with Crippen LogP contribution in [-0.4, -0.2) is 32.3 Å². The Morgan fingerprint density at radius 1 is 1.03 bits per heavy atom. The van der Waals surface area contributed by atoms with Gasteiger partial charge in [0.05, 0.1) is 11.4 Å². The predicted octanol–water partition coefficient (Wildman–Crippen LogP) is 3.88. The van der Waals surface area contributed by atoms with E-state index in [1.165, 1.54) is 18.7 Å². The van der Waals surface area contributed by atoms with Crippen LogP contribution in [0.1, 0.15) is 23.9 Å². The van der Waals surface area contributed by atoms with Crippen LogP contribution in [0.5, 0.6) is 0 Å². The summed E-state index contributed by atoms with van der Waals surface area (Å²) in [5.74, 6) is 0.655. The number of anilines is 2. The van der Waals surface area contributed by atoms with Gasteiger partial charge in [0.2, 0.25) is 11.8 Å². The fourth-order valence-electron chi connectivity index (χ4n) is 2.86. The number of amides is 2. The Kier molecular flexibility index (Phi) is 6.33. The molecule has 2 aromatic carbocycles. The lowest BCUT2D eigenvalue weighted by Crippen LogP contribution is -2.15. The molecule has 0 saturated heterocycles. The number of carbonyl (C=O) groups excluding carboxylic acids is 2. The second-order valence-corrected chi connectivity index (χ2v) is 7.62. The topological polar surface area (TPSA) is 88.9 Å². The zero-order valence-corrected chi connectivity index (χ0v) is 17.6. The molecule has 8 heteroatoms. The van der Waals surface area contributed by atoms with E-state index in [0.717, 1.165) is 22.5 Å². The quantitative estimate of drug-likeness (QED) is 0.603. The van der Waals surface area contributed by atoms with E-state index in [9.17, 15) is 9.59 Å². The minimum Gasteiger partial charge on any atom is -0.326 e. The summed E-state index contributed by atoms with van der Waals surface area (Å²) in [7, 11) is 0. The lowest BCUT2D eigenvalue weighted by molar-refractivity contribution is -0.114. The predicted molar refractivity (Wildman–Crippen MR) is 116 cm³/mol. The van der Waals surface area contributed by atoms with E-state index in [1.807, 2.05) is 67.8 Å². The summed E-state index contributed by atoms with van der Waals surface area (Å²) in [6.45, 7) is 7.31. The molecule has 2 amide bonds. The number of hydrogen-bond acceptors (Lipinski definition) is 5. The molecular weight excluding hydrogens is 386 g/mol. The second-order valence-electron chi connectivity index (χ2n) is 6.68. The number of hydrogen-bond donors (Lipinski definition) is 2. The smallest absolute Gasteiger partial charge is 0.234 e. The van der Waals surface area contributed by atoms with Gasteiger partial charge < -0.3 is 10.6 Å². The average molecular weight is 410 g/mol. The third kappa shape index (κ3) is 5.03. The van der Waals surface area contributed by atoms with Crippen LogP contribution in [-0.2, 0) is 9.59 Å². The number of aromatic nitrogens is 3. The average Bonchev–Trinajstić information content (AvgIpc) is 3.04. The highest BCUT2D eigenvalue weighted by atomic mass is 32.2. The van der Waals surface area contributed by atoms with Gasteiger partial charge in [0.25, 0.3) is 0 Å². The maximum Gasteiger partial charge on any atom is 0.234 e. The van der Waals surface area contributed by atoms with E-state index in [0.29, 0.717) is 16.7 Å². The summed E-state index contributed by atoms with van der Waals surface area (Å²) < 4.78 is 1.86. The fraction of sp³-hybridized carbons (Fsp3) is 0.238. The van der Waals surface area contributed by atoms with Gasteiger partial charge in [0.1, 0.15) is 5.82 Å². The third-order valence-electron chi connectivity index (χ3n) is 4.43. The normalized spacial score (nSPS) is 10.6. The van der Waals surface area contributed by atoms with Gasteiger partial charge >= 0.3 is 0 Å². The molecule has 150 valence electrons. The first kappa shape index (κ1) is 20.6. The molecule has 0 saturated carbocycles. The van der Waals surface area contributed by atoms with Crippen LogP contribution in [0.4, 0.5) is 11.4 Å². The molecule has 7 nitrogen and oxygen atoms in total. The first-order chi connectivity index (χ1) is 13.8. The summed E-state index contributed by atoms with van der Waals surface area (Å²) in [6.07, 6.45) is 0. The molecule has 0 atom stereocenters. The van der Waals surface area contributed by atoms with E-state index in [2.05, 4.69) is 20.8 Å². The number of thioether (sulfide) groups is 1. The molecule has 0 fully saturated rings. The summed E-state index contributed by atoms with van der Waals surface area (Å²) >= 11 is 1.31. The molecule has 1 heterocycles. The minimum absolute atomic E-state index is 0.108. The molecule has 3 aromatic rings. The largest absolute Gasteiger partial charge is 0.326 e. The number of aryl methyl sites for hydroxylation is 2. The highest BCUT2D eigenvalue weighted by Gasteiger charge is 2.14. The fourth-order valence-corrected chi connectivity index (χ4v) is 3.66. The van der Waals surface area contributed by atoms with Crippen molar-refractivity contribution in [2.75, 3.05) is 16.4 Å². The van der Waals surface area contributed by atoms with Gasteiger partial charge in [0.15, 0.2) is 5.16 Å². The number of benzene rings is 2. The zero-order valence-electron chi connectivity index (χ0n) is 16.8. The number of rotatable bonds is 6. The summed E-state index contributed by atoms with van der Waals surface area (Å²) in [4.78, 5) is 23.8. The van der Waals surface area contributed by atoms with Crippen LogP contribution in [0.3, 0.4) is 0 Å². The molecule has 0 bridgehead atoms. The van der Waals surface area contributed by atoms with Crippen LogP contribution in [0, 0.1) is 20.8 Å². The molecule has 0 unspecified atom stereocenters. The van der Waals surface area contributed by atoms with Crippen molar-refractivity contribution in [2.24, 2.45) is 0 Å². The van der Waals surface area contributed by atoms with Gasteiger partial charge in [-0.15, -0.1) is 10.2 Å². The summed E-state index contributed by atoms with van der Waals surface area (Å²) in [5, 5.41) is 14.7. The molecule has 29 heavy (non-hydrogen) atoms. The molecule has 0 aliphatic rings. The maximum atomic E-state index is 12.4. The molecule has 2 N–H and O–H groups in total. The van der Waals surface area contributed by atoms with Crippen molar-refractivity contribution in [3.8, 4) is 5.69 Å². The molecule has 0 radical (unpaired) electrons. The molecular formula is C21H23N5O2S. The van der Waals surface area contributed by atoms with Crippen LogP contribution < -0.4 is 10.6 Å². The Morgan fingerprint density at radius 3 is 2.55 bits per heavy atom. The monoisotopic (exact) mass is 409 g/mol. The molecule has 3 rings (SSSR count). The van der Waals surface area contributed by atoms with Gasteiger partial charge in [-0.05, 0) is 56.2 Å². The standard InChI is InChI=1S/C21H23N5O2S/c1-13-7-5-10-19(14(13)2)23-20(28)12-29-21-25-24-15(3)26(21)18-9-6-8-17(11-18)22-16(4)27/h5-11H,12H2,1-4H3,(H,22,27)(H,23,28). The van der Waals surface area contributed by atoms with E-state index >= 15 is 0 Å². The first-order valence-electron chi connectivity index (χ1n) is 9.14.